The molecule has 1 unspecified atom stereocenters. The summed E-state index contributed by atoms with van der Waals surface area (Å²) >= 11 is 0. The molecule has 1 amide bonds. The Labute approximate surface area is 98.1 Å². The van der Waals surface area contributed by atoms with Gasteiger partial charge in [0.15, 0.2) is 0 Å². The highest BCUT2D eigenvalue weighted by atomic mass is 16.2. The van der Waals surface area contributed by atoms with Crippen molar-refractivity contribution in [2.45, 2.75) is 13.3 Å². The van der Waals surface area contributed by atoms with Gasteiger partial charge in [0, 0.05) is 24.4 Å². The molecule has 1 fully saturated rings. The van der Waals surface area contributed by atoms with Gasteiger partial charge < -0.3 is 4.90 Å². The van der Waals surface area contributed by atoms with Gasteiger partial charge >= 0.3 is 0 Å². The molecule has 1 aliphatic rings. The molecule has 7 nitrogen and oxygen atoms in total. The molecule has 1 saturated heterocycles. The maximum atomic E-state index is 11.8. The van der Waals surface area contributed by atoms with Gasteiger partial charge in [-0.3, -0.25) is 4.79 Å². The normalized spacial score (nSPS) is 19.2. The summed E-state index contributed by atoms with van der Waals surface area (Å²) in [6.07, 6.45) is 3.68. The van der Waals surface area contributed by atoms with Crippen LogP contribution in [0.15, 0.2) is 17.5 Å². The second-order valence-electron chi connectivity index (χ2n) is 3.98. The predicted molar refractivity (Wildman–Crippen MR) is 61.2 cm³/mol. The summed E-state index contributed by atoms with van der Waals surface area (Å²) in [6.45, 7) is 2.70. The molecule has 7 heteroatoms. The first-order valence-corrected chi connectivity index (χ1v) is 5.30. The van der Waals surface area contributed by atoms with Crippen LogP contribution in [0, 0.1) is 12.8 Å². The van der Waals surface area contributed by atoms with Gasteiger partial charge in [0.2, 0.25) is 5.91 Å². The SMILES string of the molecule is Cc1ncc(N2CC(CN=[N+]=[N-])CC2=O)cn1. The van der Waals surface area contributed by atoms with Gasteiger partial charge in [-0.25, -0.2) is 9.97 Å². The van der Waals surface area contributed by atoms with Crippen molar-refractivity contribution in [2.75, 3.05) is 18.0 Å². The Morgan fingerprint density at radius 3 is 2.94 bits per heavy atom. The van der Waals surface area contributed by atoms with E-state index in [9.17, 15) is 4.79 Å². The molecule has 2 rings (SSSR count). The standard InChI is InChI=1S/C10H12N6O/c1-7-12-4-9(5-13-7)16-6-8(2-10(16)17)3-14-15-11/h4-5,8H,2-3,6H2,1H3. The highest BCUT2D eigenvalue weighted by molar-refractivity contribution is 5.95. The van der Waals surface area contributed by atoms with Crippen molar-refractivity contribution in [3.8, 4) is 0 Å². The summed E-state index contributed by atoms with van der Waals surface area (Å²) in [5.74, 6) is 0.779. The number of nitrogens with zero attached hydrogens (tertiary/aromatic N) is 6. The summed E-state index contributed by atoms with van der Waals surface area (Å²) in [5, 5.41) is 3.50. The van der Waals surface area contributed by atoms with E-state index in [4.69, 9.17) is 5.53 Å². The van der Waals surface area contributed by atoms with Gasteiger partial charge in [-0.1, -0.05) is 5.11 Å². The fraction of sp³-hybridized carbons (Fsp3) is 0.500. The minimum absolute atomic E-state index is 0.0237. The van der Waals surface area contributed by atoms with E-state index in [0.29, 0.717) is 31.0 Å². The lowest BCUT2D eigenvalue weighted by Gasteiger charge is -2.15. The maximum Gasteiger partial charge on any atom is 0.227 e. The van der Waals surface area contributed by atoms with Crippen LogP contribution in [0.4, 0.5) is 5.69 Å². The minimum Gasteiger partial charge on any atom is -0.309 e. The van der Waals surface area contributed by atoms with Crippen LogP contribution in [-0.2, 0) is 4.79 Å². The van der Waals surface area contributed by atoms with Crippen LogP contribution in [0.2, 0.25) is 0 Å². The van der Waals surface area contributed by atoms with Crippen molar-refractivity contribution in [1.82, 2.24) is 9.97 Å². The third-order valence-corrected chi connectivity index (χ3v) is 2.69. The molecule has 0 radical (unpaired) electrons. The summed E-state index contributed by atoms with van der Waals surface area (Å²) in [6, 6.07) is 0. The Hall–Kier alpha value is -2.14. The molecule has 0 bridgehead atoms. The second-order valence-corrected chi connectivity index (χ2v) is 3.98. The Balaban J connectivity index is 2.10. The van der Waals surface area contributed by atoms with E-state index in [0.717, 1.165) is 0 Å². The van der Waals surface area contributed by atoms with E-state index in [2.05, 4.69) is 20.0 Å². The lowest BCUT2D eigenvalue weighted by Crippen LogP contribution is -2.25. The number of rotatable bonds is 3. The van der Waals surface area contributed by atoms with Gasteiger partial charge in [0.1, 0.15) is 5.82 Å². The minimum atomic E-state index is 0.0237. The van der Waals surface area contributed by atoms with Gasteiger partial charge in [0.05, 0.1) is 18.1 Å². The molecular formula is C10H12N6O. The number of hydrogen-bond donors (Lipinski definition) is 0. The zero-order valence-electron chi connectivity index (χ0n) is 9.44. The maximum absolute atomic E-state index is 11.8. The fourth-order valence-corrected chi connectivity index (χ4v) is 1.83. The average molecular weight is 232 g/mol. The average Bonchev–Trinajstić information content (AvgIpc) is 2.69. The molecular weight excluding hydrogens is 220 g/mol. The summed E-state index contributed by atoms with van der Waals surface area (Å²) in [5.41, 5.74) is 8.94. The number of aromatic nitrogens is 2. The summed E-state index contributed by atoms with van der Waals surface area (Å²) in [7, 11) is 0. The van der Waals surface area contributed by atoms with E-state index in [1.807, 2.05) is 0 Å². The zero-order chi connectivity index (χ0) is 12.3. The molecule has 0 spiro atoms. The molecule has 0 N–H and O–H groups in total. The number of aryl methyl sites for hydroxylation is 1. The fourth-order valence-electron chi connectivity index (χ4n) is 1.83. The third kappa shape index (κ3) is 2.51. The molecule has 17 heavy (non-hydrogen) atoms. The first-order chi connectivity index (χ1) is 8.20. The molecule has 1 atom stereocenters. The molecule has 0 saturated carbocycles. The zero-order valence-corrected chi connectivity index (χ0v) is 9.44. The van der Waals surface area contributed by atoms with Crippen LogP contribution in [0.1, 0.15) is 12.2 Å². The number of hydrogen-bond acceptors (Lipinski definition) is 4. The number of carbonyl (C=O) groups is 1. The largest absolute Gasteiger partial charge is 0.309 e. The first-order valence-electron chi connectivity index (χ1n) is 5.30. The van der Waals surface area contributed by atoms with Crippen molar-refractivity contribution in [1.29, 1.82) is 0 Å². The molecule has 2 heterocycles. The van der Waals surface area contributed by atoms with Crippen LogP contribution in [0.25, 0.3) is 10.4 Å². The Kier molecular flexibility index (Phi) is 3.20. The summed E-state index contributed by atoms with van der Waals surface area (Å²) in [4.78, 5) is 24.2. The van der Waals surface area contributed by atoms with Gasteiger partial charge in [-0.15, -0.1) is 0 Å². The Morgan fingerprint density at radius 2 is 2.29 bits per heavy atom. The summed E-state index contributed by atoms with van der Waals surface area (Å²) < 4.78 is 0. The highest BCUT2D eigenvalue weighted by Gasteiger charge is 2.30. The van der Waals surface area contributed by atoms with Crippen molar-refractivity contribution in [2.24, 2.45) is 11.0 Å². The van der Waals surface area contributed by atoms with Crippen LogP contribution in [0.3, 0.4) is 0 Å². The molecule has 0 aromatic carbocycles. The van der Waals surface area contributed by atoms with E-state index >= 15 is 0 Å². The smallest absolute Gasteiger partial charge is 0.227 e. The Morgan fingerprint density at radius 1 is 1.59 bits per heavy atom. The van der Waals surface area contributed by atoms with Crippen molar-refractivity contribution in [3.63, 3.8) is 0 Å². The number of carbonyl (C=O) groups excluding carboxylic acids is 1. The van der Waals surface area contributed by atoms with Crippen molar-refractivity contribution < 1.29 is 4.79 Å². The molecule has 0 aliphatic carbocycles. The quantitative estimate of drug-likeness (QED) is 0.448. The van der Waals surface area contributed by atoms with Crippen LogP contribution in [-0.4, -0.2) is 29.0 Å². The number of amides is 1. The van der Waals surface area contributed by atoms with Crippen molar-refractivity contribution in [3.05, 3.63) is 28.7 Å². The van der Waals surface area contributed by atoms with Gasteiger partial charge in [0.25, 0.3) is 0 Å². The van der Waals surface area contributed by atoms with Crippen LogP contribution < -0.4 is 4.90 Å². The van der Waals surface area contributed by atoms with E-state index in [1.54, 1.807) is 24.2 Å². The number of anilines is 1. The van der Waals surface area contributed by atoms with Gasteiger partial charge in [-0.05, 0) is 18.4 Å². The molecule has 1 aliphatic heterocycles. The first kappa shape index (κ1) is 11.3. The third-order valence-electron chi connectivity index (χ3n) is 2.69. The van der Waals surface area contributed by atoms with E-state index in [1.165, 1.54) is 0 Å². The number of azide groups is 1. The van der Waals surface area contributed by atoms with Crippen LogP contribution >= 0.6 is 0 Å². The molecule has 88 valence electrons. The predicted octanol–water partition coefficient (Wildman–Crippen LogP) is 1.45. The lowest BCUT2D eigenvalue weighted by atomic mass is 10.1. The highest BCUT2D eigenvalue weighted by Crippen LogP contribution is 2.24. The topological polar surface area (TPSA) is 94.9 Å². The second kappa shape index (κ2) is 4.80. The lowest BCUT2D eigenvalue weighted by molar-refractivity contribution is -0.117. The van der Waals surface area contributed by atoms with E-state index < -0.39 is 0 Å². The van der Waals surface area contributed by atoms with E-state index in [-0.39, 0.29) is 11.8 Å². The van der Waals surface area contributed by atoms with Crippen LogP contribution in [0.5, 0.6) is 0 Å². The van der Waals surface area contributed by atoms with Crippen molar-refractivity contribution >= 4 is 11.6 Å². The molecule has 1 aromatic heterocycles. The molecule has 1 aromatic rings. The monoisotopic (exact) mass is 232 g/mol. The Bertz CT molecular complexity index is 464. The van der Waals surface area contributed by atoms with Gasteiger partial charge in [-0.2, -0.15) is 0 Å².